The van der Waals surface area contributed by atoms with Crippen molar-refractivity contribution in [1.82, 2.24) is 19.1 Å². The molecule has 9 aromatic carbocycles. The SMILES string of the molecule is c1ccc(-c2cc(-n3c4ccccc4c4ccc(-c5ccc6sc7ccccc7c6c5)cc43)nc(-n3c4ccccc4c4ccc(-c5ccc6sc7ccccc7c6c5)cc43)n2)cc1. The van der Waals surface area contributed by atoms with E-state index in [1.807, 2.05) is 22.7 Å². The van der Waals surface area contributed by atoms with Crippen molar-refractivity contribution in [2.75, 3.05) is 0 Å². The topological polar surface area (TPSA) is 35.6 Å². The predicted octanol–water partition coefficient (Wildman–Crippen LogP) is 16.4. The maximum atomic E-state index is 5.60. The second kappa shape index (κ2) is 13.8. The first-order valence-electron chi connectivity index (χ1n) is 21.6. The van der Waals surface area contributed by atoms with Gasteiger partial charge < -0.3 is 0 Å². The summed E-state index contributed by atoms with van der Waals surface area (Å²) >= 11 is 3.70. The lowest BCUT2D eigenvalue weighted by molar-refractivity contribution is 0.952. The van der Waals surface area contributed by atoms with Crippen LogP contribution in [0.4, 0.5) is 0 Å². The van der Waals surface area contributed by atoms with E-state index in [9.17, 15) is 0 Å². The molecule has 0 atom stereocenters. The van der Waals surface area contributed by atoms with Gasteiger partial charge in [0.15, 0.2) is 0 Å². The molecule has 0 unspecified atom stereocenters. The van der Waals surface area contributed by atoms with Gasteiger partial charge in [0.1, 0.15) is 5.82 Å². The summed E-state index contributed by atoms with van der Waals surface area (Å²) < 4.78 is 9.83. The van der Waals surface area contributed by atoms with Crippen LogP contribution in [0.5, 0.6) is 0 Å². The van der Waals surface area contributed by atoms with Gasteiger partial charge in [0.25, 0.3) is 0 Å². The third-order valence-electron chi connectivity index (χ3n) is 13.0. The van der Waals surface area contributed by atoms with Crippen molar-refractivity contribution < 1.29 is 0 Å². The van der Waals surface area contributed by atoms with Crippen molar-refractivity contribution >= 4 is 107 Å². The molecule has 0 aliphatic carbocycles. The second-order valence-electron chi connectivity index (χ2n) is 16.6. The number of hydrogen-bond donors (Lipinski definition) is 0. The number of benzene rings is 9. The normalized spacial score (nSPS) is 12.1. The van der Waals surface area contributed by atoms with Crippen LogP contribution in [-0.2, 0) is 0 Å². The third-order valence-corrected chi connectivity index (χ3v) is 15.3. The average Bonchev–Trinajstić information content (AvgIpc) is 4.11. The summed E-state index contributed by atoms with van der Waals surface area (Å²) in [6.07, 6.45) is 0. The molecule has 64 heavy (non-hydrogen) atoms. The molecule has 14 rings (SSSR count). The highest BCUT2D eigenvalue weighted by molar-refractivity contribution is 7.26. The van der Waals surface area contributed by atoms with E-state index in [-0.39, 0.29) is 0 Å². The summed E-state index contributed by atoms with van der Waals surface area (Å²) in [6.45, 7) is 0. The molecule has 0 radical (unpaired) electrons. The fourth-order valence-corrected chi connectivity index (χ4v) is 12.1. The Morgan fingerprint density at radius 2 is 0.719 bits per heavy atom. The van der Waals surface area contributed by atoms with Gasteiger partial charge in [0.2, 0.25) is 5.95 Å². The quantitative estimate of drug-likeness (QED) is 0.173. The largest absolute Gasteiger partial charge is 0.294 e. The van der Waals surface area contributed by atoms with Crippen LogP contribution in [0.15, 0.2) is 206 Å². The summed E-state index contributed by atoms with van der Waals surface area (Å²) in [5.74, 6) is 1.43. The van der Waals surface area contributed by atoms with Crippen molar-refractivity contribution in [3.05, 3.63) is 206 Å². The molecule has 0 spiro atoms. The molecule has 5 aromatic heterocycles. The highest BCUT2D eigenvalue weighted by Crippen LogP contribution is 2.41. The lowest BCUT2D eigenvalue weighted by atomic mass is 10.0. The lowest BCUT2D eigenvalue weighted by Gasteiger charge is -2.14. The molecule has 4 nitrogen and oxygen atoms in total. The Balaban J connectivity index is 1.01. The molecule has 298 valence electrons. The van der Waals surface area contributed by atoms with Gasteiger partial charge in [-0.1, -0.05) is 140 Å². The summed E-state index contributed by atoms with van der Waals surface area (Å²) in [5.41, 5.74) is 10.9. The van der Waals surface area contributed by atoms with E-state index < -0.39 is 0 Å². The molecule has 0 N–H and O–H groups in total. The maximum Gasteiger partial charge on any atom is 0.237 e. The van der Waals surface area contributed by atoms with Crippen molar-refractivity contribution in [2.45, 2.75) is 0 Å². The van der Waals surface area contributed by atoms with Crippen molar-refractivity contribution in [1.29, 1.82) is 0 Å². The molecule has 0 aliphatic rings. The van der Waals surface area contributed by atoms with Gasteiger partial charge in [-0.2, -0.15) is 4.98 Å². The van der Waals surface area contributed by atoms with Gasteiger partial charge in [-0.15, -0.1) is 22.7 Å². The van der Waals surface area contributed by atoms with E-state index in [1.54, 1.807) is 0 Å². The minimum Gasteiger partial charge on any atom is -0.294 e. The van der Waals surface area contributed by atoms with Gasteiger partial charge in [-0.3, -0.25) is 9.13 Å². The zero-order chi connectivity index (χ0) is 41.9. The molecule has 14 aromatic rings. The number of aromatic nitrogens is 4. The lowest BCUT2D eigenvalue weighted by Crippen LogP contribution is -2.07. The van der Waals surface area contributed by atoms with Gasteiger partial charge in [-0.25, -0.2) is 4.98 Å². The summed E-state index contributed by atoms with van der Waals surface area (Å²) in [7, 11) is 0. The first-order chi connectivity index (χ1) is 31.7. The van der Waals surface area contributed by atoms with E-state index in [0.717, 1.165) is 61.0 Å². The summed E-state index contributed by atoms with van der Waals surface area (Å²) in [5, 5.41) is 9.87. The zero-order valence-electron chi connectivity index (χ0n) is 34.2. The monoisotopic (exact) mass is 850 g/mol. The second-order valence-corrected chi connectivity index (χ2v) is 18.7. The number of thiophene rings is 2. The maximum absolute atomic E-state index is 5.60. The van der Waals surface area contributed by atoms with E-state index in [2.05, 4.69) is 215 Å². The smallest absolute Gasteiger partial charge is 0.237 e. The number of nitrogens with zero attached hydrogens (tertiary/aromatic N) is 4. The van der Waals surface area contributed by atoms with Gasteiger partial charge in [0, 0.05) is 73.5 Å². The molecule has 0 bridgehead atoms. The van der Waals surface area contributed by atoms with Crippen LogP contribution >= 0.6 is 22.7 Å². The zero-order valence-corrected chi connectivity index (χ0v) is 35.9. The van der Waals surface area contributed by atoms with Gasteiger partial charge in [-0.05, 0) is 82.9 Å². The van der Waals surface area contributed by atoms with E-state index in [1.165, 1.54) is 62.2 Å². The van der Waals surface area contributed by atoms with E-state index in [0.29, 0.717) is 5.95 Å². The molecule has 0 saturated carbocycles. The minimum atomic E-state index is 0.621. The van der Waals surface area contributed by atoms with Crippen LogP contribution in [0, 0.1) is 0 Å². The average molecular weight is 851 g/mol. The summed E-state index contributed by atoms with van der Waals surface area (Å²) in [4.78, 5) is 11.0. The van der Waals surface area contributed by atoms with E-state index >= 15 is 0 Å². The Bertz CT molecular complexity index is 3960. The highest BCUT2D eigenvalue weighted by Gasteiger charge is 2.21. The third kappa shape index (κ3) is 5.40. The fourth-order valence-electron chi connectivity index (χ4n) is 9.97. The number of hydrogen-bond acceptors (Lipinski definition) is 4. The Morgan fingerprint density at radius 3 is 1.31 bits per heavy atom. The van der Waals surface area contributed by atoms with Crippen LogP contribution in [0.25, 0.3) is 129 Å². The Hall–Kier alpha value is -7.90. The molecule has 6 heteroatoms. The van der Waals surface area contributed by atoms with Crippen molar-refractivity contribution in [3.8, 4) is 45.3 Å². The number of para-hydroxylation sites is 2. The predicted molar refractivity (Wildman–Crippen MR) is 273 cm³/mol. The first kappa shape index (κ1) is 35.7. The molecular formula is C58H34N4S2. The Labute approximate surface area is 375 Å². The minimum absolute atomic E-state index is 0.621. The highest BCUT2D eigenvalue weighted by atomic mass is 32.1. The van der Waals surface area contributed by atoms with Crippen molar-refractivity contribution in [3.63, 3.8) is 0 Å². The van der Waals surface area contributed by atoms with Crippen LogP contribution in [-0.4, -0.2) is 19.1 Å². The molecule has 0 amide bonds. The van der Waals surface area contributed by atoms with Gasteiger partial charge >= 0.3 is 0 Å². The number of fused-ring (bicyclic) bond motifs is 12. The first-order valence-corrected chi connectivity index (χ1v) is 23.2. The van der Waals surface area contributed by atoms with E-state index in [4.69, 9.17) is 9.97 Å². The fraction of sp³-hybridized carbons (Fsp3) is 0. The van der Waals surface area contributed by atoms with Crippen LogP contribution < -0.4 is 0 Å². The molecular weight excluding hydrogens is 817 g/mol. The van der Waals surface area contributed by atoms with Gasteiger partial charge in [0.05, 0.1) is 27.8 Å². The Morgan fingerprint density at radius 1 is 0.281 bits per heavy atom. The molecule has 0 aliphatic heterocycles. The standard InChI is InChI=1S/C58H34N4S2/c1-2-12-35(13-3-1)48-34-57(61-49-18-8-4-14-40(49)42-26-22-38(32-51(42)61)36-24-28-55-46(30-36)44-16-6-10-20-53(44)63-55)60-58(59-48)62-50-19-9-5-15-41(50)43-27-23-39(33-52(43)62)37-25-29-56-47(31-37)45-17-7-11-21-54(45)64-56/h1-34H. The summed E-state index contributed by atoms with van der Waals surface area (Å²) in [6, 6.07) is 74.9. The molecule has 0 fully saturated rings. The Kier molecular flexibility index (Phi) is 7.69. The van der Waals surface area contributed by atoms with Crippen LogP contribution in [0.1, 0.15) is 0 Å². The van der Waals surface area contributed by atoms with Crippen LogP contribution in [0.2, 0.25) is 0 Å². The molecule has 0 saturated heterocycles. The van der Waals surface area contributed by atoms with Crippen molar-refractivity contribution in [2.24, 2.45) is 0 Å². The van der Waals surface area contributed by atoms with Crippen LogP contribution in [0.3, 0.4) is 0 Å². The molecule has 5 heterocycles. The number of rotatable bonds is 5.